The number of hydrogen-bond donors (Lipinski definition) is 1. The predicted molar refractivity (Wildman–Crippen MR) is 77.4 cm³/mol. The van der Waals surface area contributed by atoms with E-state index < -0.39 is 5.97 Å². The second-order valence-corrected chi connectivity index (χ2v) is 5.39. The van der Waals surface area contributed by atoms with E-state index in [9.17, 15) is 9.18 Å². The van der Waals surface area contributed by atoms with Gasteiger partial charge in [0.15, 0.2) is 0 Å². The van der Waals surface area contributed by atoms with E-state index in [1.54, 1.807) is 6.07 Å². The quantitative estimate of drug-likeness (QED) is 0.847. The first kappa shape index (κ1) is 14.8. The molecule has 0 saturated heterocycles. The lowest BCUT2D eigenvalue weighted by Crippen LogP contribution is -2.32. The Kier molecular flexibility index (Phi) is 4.99. The molecule has 0 radical (unpaired) electrons. The van der Waals surface area contributed by atoms with E-state index in [1.165, 1.54) is 38.5 Å². The van der Waals surface area contributed by atoms with Gasteiger partial charge < -0.3 is 10.1 Å². The van der Waals surface area contributed by atoms with E-state index in [4.69, 9.17) is 0 Å². The molecule has 0 spiro atoms. The molecule has 1 aromatic rings. The van der Waals surface area contributed by atoms with Crippen molar-refractivity contribution >= 4 is 11.7 Å². The van der Waals surface area contributed by atoms with Crippen molar-refractivity contribution in [2.24, 2.45) is 5.92 Å². The van der Waals surface area contributed by atoms with Gasteiger partial charge in [0.05, 0.1) is 18.4 Å². The number of methoxy groups -OCH3 is 1. The molecule has 20 heavy (non-hydrogen) atoms. The van der Waals surface area contributed by atoms with Gasteiger partial charge in [-0.3, -0.25) is 0 Å². The molecule has 0 amide bonds. The van der Waals surface area contributed by atoms with Crippen LogP contribution < -0.4 is 5.32 Å². The van der Waals surface area contributed by atoms with Crippen molar-refractivity contribution in [3.8, 4) is 0 Å². The zero-order chi connectivity index (χ0) is 14.5. The van der Waals surface area contributed by atoms with Crippen LogP contribution in [0.1, 0.15) is 49.4 Å². The summed E-state index contributed by atoms with van der Waals surface area (Å²) in [5.74, 6) is -0.188. The second kappa shape index (κ2) is 6.73. The fourth-order valence-electron chi connectivity index (χ4n) is 2.97. The van der Waals surface area contributed by atoms with Crippen LogP contribution in [0, 0.1) is 11.7 Å². The largest absolute Gasteiger partial charge is 0.465 e. The SMILES string of the molecule is CCC1CCCCC1Nc1cc(C(=O)OC)ccc1F. The summed E-state index contributed by atoms with van der Waals surface area (Å²) < 4.78 is 18.6. The smallest absolute Gasteiger partial charge is 0.337 e. The van der Waals surface area contributed by atoms with Crippen LogP contribution in [0.25, 0.3) is 0 Å². The van der Waals surface area contributed by atoms with Crippen molar-refractivity contribution in [2.75, 3.05) is 12.4 Å². The third-order valence-electron chi connectivity index (χ3n) is 4.16. The van der Waals surface area contributed by atoms with Crippen molar-refractivity contribution in [1.82, 2.24) is 0 Å². The van der Waals surface area contributed by atoms with Gasteiger partial charge in [-0.15, -0.1) is 0 Å². The normalized spacial score (nSPS) is 22.4. The minimum atomic E-state index is -0.441. The Bertz CT molecular complexity index is 476. The van der Waals surface area contributed by atoms with Crippen LogP contribution in [0.15, 0.2) is 18.2 Å². The fraction of sp³-hybridized carbons (Fsp3) is 0.562. The first-order valence-electron chi connectivity index (χ1n) is 7.30. The molecule has 3 nitrogen and oxygen atoms in total. The Labute approximate surface area is 119 Å². The van der Waals surface area contributed by atoms with Gasteiger partial charge in [-0.05, 0) is 37.0 Å². The number of esters is 1. The Hall–Kier alpha value is -1.58. The summed E-state index contributed by atoms with van der Waals surface area (Å²) in [5.41, 5.74) is 0.776. The van der Waals surface area contributed by atoms with Gasteiger partial charge in [-0.1, -0.05) is 26.2 Å². The van der Waals surface area contributed by atoms with Crippen LogP contribution in [0.5, 0.6) is 0 Å². The molecule has 1 aliphatic rings. The summed E-state index contributed by atoms with van der Waals surface area (Å²) in [7, 11) is 1.33. The first-order chi connectivity index (χ1) is 9.65. The minimum Gasteiger partial charge on any atom is -0.465 e. The molecule has 0 aromatic heterocycles. The van der Waals surface area contributed by atoms with E-state index in [2.05, 4.69) is 17.0 Å². The topological polar surface area (TPSA) is 38.3 Å². The summed E-state index contributed by atoms with van der Waals surface area (Å²) in [6, 6.07) is 4.60. The second-order valence-electron chi connectivity index (χ2n) is 5.39. The molecule has 1 fully saturated rings. The summed E-state index contributed by atoms with van der Waals surface area (Å²) in [4.78, 5) is 11.5. The number of rotatable bonds is 4. The van der Waals surface area contributed by atoms with Crippen molar-refractivity contribution in [2.45, 2.75) is 45.1 Å². The van der Waals surface area contributed by atoms with E-state index >= 15 is 0 Å². The number of nitrogens with one attached hydrogen (secondary N) is 1. The van der Waals surface area contributed by atoms with Crippen molar-refractivity contribution in [3.05, 3.63) is 29.6 Å². The molecule has 1 aromatic carbocycles. The molecular weight excluding hydrogens is 257 g/mol. The fourth-order valence-corrected chi connectivity index (χ4v) is 2.97. The monoisotopic (exact) mass is 279 g/mol. The lowest BCUT2D eigenvalue weighted by Gasteiger charge is -2.32. The van der Waals surface area contributed by atoms with Crippen LogP contribution in [0.3, 0.4) is 0 Å². The van der Waals surface area contributed by atoms with E-state index in [0.717, 1.165) is 12.8 Å². The maximum atomic E-state index is 13.9. The molecule has 1 aliphatic carbocycles. The Balaban J connectivity index is 2.17. The Morgan fingerprint density at radius 1 is 1.40 bits per heavy atom. The molecule has 4 heteroatoms. The van der Waals surface area contributed by atoms with Gasteiger partial charge in [0.1, 0.15) is 5.82 Å². The molecular formula is C16H22FNO2. The van der Waals surface area contributed by atoms with Gasteiger partial charge in [0, 0.05) is 6.04 Å². The van der Waals surface area contributed by atoms with Crippen LogP contribution in [0.2, 0.25) is 0 Å². The maximum absolute atomic E-state index is 13.9. The maximum Gasteiger partial charge on any atom is 0.337 e. The van der Waals surface area contributed by atoms with Gasteiger partial charge in [0.2, 0.25) is 0 Å². The Morgan fingerprint density at radius 2 is 2.15 bits per heavy atom. The highest BCUT2D eigenvalue weighted by molar-refractivity contribution is 5.90. The molecule has 110 valence electrons. The number of carbonyl (C=O) groups excluding carboxylic acids is 1. The lowest BCUT2D eigenvalue weighted by molar-refractivity contribution is 0.0600. The molecule has 1 N–H and O–H groups in total. The summed E-state index contributed by atoms with van der Waals surface area (Å²) in [6.45, 7) is 2.17. The van der Waals surface area contributed by atoms with E-state index in [0.29, 0.717) is 17.2 Å². The molecule has 1 saturated carbocycles. The number of carbonyl (C=O) groups is 1. The highest BCUT2D eigenvalue weighted by Crippen LogP contribution is 2.30. The zero-order valence-corrected chi connectivity index (χ0v) is 12.1. The summed E-state index contributed by atoms with van der Waals surface area (Å²) in [5, 5.41) is 3.29. The van der Waals surface area contributed by atoms with Crippen LogP contribution in [-0.2, 0) is 4.74 Å². The average molecular weight is 279 g/mol. The molecule has 0 heterocycles. The number of benzene rings is 1. The minimum absolute atomic E-state index is 0.288. The average Bonchev–Trinajstić information content (AvgIpc) is 2.49. The van der Waals surface area contributed by atoms with Gasteiger partial charge >= 0.3 is 5.97 Å². The first-order valence-corrected chi connectivity index (χ1v) is 7.30. The summed E-state index contributed by atoms with van der Waals surface area (Å²) >= 11 is 0. The Morgan fingerprint density at radius 3 is 2.85 bits per heavy atom. The highest BCUT2D eigenvalue weighted by atomic mass is 19.1. The van der Waals surface area contributed by atoms with Gasteiger partial charge in [0.25, 0.3) is 0 Å². The van der Waals surface area contributed by atoms with E-state index in [1.807, 2.05) is 0 Å². The standard InChI is InChI=1S/C16H22FNO2/c1-3-11-6-4-5-7-14(11)18-15-10-12(16(19)20-2)8-9-13(15)17/h8-11,14,18H,3-7H2,1-2H3. The number of ether oxygens (including phenoxy) is 1. The number of anilines is 1. The number of hydrogen-bond acceptors (Lipinski definition) is 3. The van der Waals surface area contributed by atoms with Gasteiger partial charge in [-0.25, -0.2) is 9.18 Å². The third kappa shape index (κ3) is 3.30. The van der Waals surface area contributed by atoms with Crippen molar-refractivity contribution in [3.63, 3.8) is 0 Å². The molecule has 2 atom stereocenters. The summed E-state index contributed by atoms with van der Waals surface area (Å²) in [6.07, 6.45) is 5.76. The van der Waals surface area contributed by atoms with Crippen LogP contribution in [-0.4, -0.2) is 19.1 Å². The third-order valence-corrected chi connectivity index (χ3v) is 4.16. The van der Waals surface area contributed by atoms with E-state index in [-0.39, 0.29) is 11.9 Å². The van der Waals surface area contributed by atoms with Crippen molar-refractivity contribution < 1.29 is 13.9 Å². The van der Waals surface area contributed by atoms with Gasteiger partial charge in [-0.2, -0.15) is 0 Å². The molecule has 2 rings (SSSR count). The number of halogens is 1. The van der Waals surface area contributed by atoms with Crippen LogP contribution in [0.4, 0.5) is 10.1 Å². The molecule has 0 aliphatic heterocycles. The highest BCUT2D eigenvalue weighted by Gasteiger charge is 2.24. The van der Waals surface area contributed by atoms with Crippen molar-refractivity contribution in [1.29, 1.82) is 0 Å². The lowest BCUT2D eigenvalue weighted by atomic mass is 9.83. The molecule has 2 unspecified atom stereocenters. The molecule has 0 bridgehead atoms. The van der Waals surface area contributed by atoms with Crippen LogP contribution >= 0.6 is 0 Å². The zero-order valence-electron chi connectivity index (χ0n) is 12.1. The predicted octanol–water partition coefficient (Wildman–Crippen LogP) is 3.99.